The van der Waals surface area contributed by atoms with Crippen LogP contribution in [0.15, 0.2) is 24.3 Å². The Hall–Kier alpha value is -2.04. The summed E-state index contributed by atoms with van der Waals surface area (Å²) in [6, 6.07) is 6.92. The number of carbonyl (C=O) groups excluding carboxylic acids is 2. The van der Waals surface area contributed by atoms with E-state index < -0.39 is 0 Å². The van der Waals surface area contributed by atoms with E-state index in [-0.39, 0.29) is 24.0 Å². The highest BCUT2D eigenvalue weighted by atomic mass is 16.5. The van der Waals surface area contributed by atoms with Crippen LogP contribution in [0, 0.1) is 0 Å². The lowest BCUT2D eigenvalue weighted by atomic mass is 10.2. The van der Waals surface area contributed by atoms with Crippen molar-refractivity contribution in [3.8, 4) is 5.75 Å². The number of amides is 2. The Balaban J connectivity index is 1.97. The summed E-state index contributed by atoms with van der Waals surface area (Å²) in [5, 5.41) is 2.86. The Bertz CT molecular complexity index is 511. The SMILES string of the molecule is CC(=O)N1CCC[C@H]1C(=O)Nc1ccc(OC(C)C)cc1. The summed E-state index contributed by atoms with van der Waals surface area (Å²) in [7, 11) is 0. The largest absolute Gasteiger partial charge is 0.491 e. The van der Waals surface area contributed by atoms with Gasteiger partial charge in [-0.05, 0) is 51.0 Å². The molecule has 1 atom stereocenters. The van der Waals surface area contributed by atoms with Crippen molar-refractivity contribution in [3.63, 3.8) is 0 Å². The van der Waals surface area contributed by atoms with Crippen LogP contribution in [0.5, 0.6) is 5.75 Å². The van der Waals surface area contributed by atoms with Gasteiger partial charge in [0.2, 0.25) is 11.8 Å². The third-order valence-electron chi connectivity index (χ3n) is 3.45. The molecule has 1 aliphatic rings. The van der Waals surface area contributed by atoms with Crippen molar-refractivity contribution in [2.75, 3.05) is 11.9 Å². The van der Waals surface area contributed by atoms with Gasteiger partial charge in [-0.2, -0.15) is 0 Å². The number of carbonyl (C=O) groups is 2. The number of nitrogens with zero attached hydrogens (tertiary/aromatic N) is 1. The van der Waals surface area contributed by atoms with E-state index in [4.69, 9.17) is 4.74 Å². The van der Waals surface area contributed by atoms with Gasteiger partial charge < -0.3 is 15.0 Å². The van der Waals surface area contributed by atoms with Crippen LogP contribution >= 0.6 is 0 Å². The maximum Gasteiger partial charge on any atom is 0.247 e. The highest BCUT2D eigenvalue weighted by molar-refractivity contribution is 5.97. The Labute approximate surface area is 125 Å². The topological polar surface area (TPSA) is 58.6 Å². The fraction of sp³-hybridized carbons (Fsp3) is 0.500. The van der Waals surface area contributed by atoms with E-state index in [1.54, 1.807) is 4.90 Å². The van der Waals surface area contributed by atoms with Crippen LogP contribution in [0.25, 0.3) is 0 Å². The minimum atomic E-state index is -0.353. The zero-order valence-electron chi connectivity index (χ0n) is 12.8. The van der Waals surface area contributed by atoms with E-state index in [2.05, 4.69) is 5.32 Å². The standard InChI is InChI=1S/C16H22N2O3/c1-11(2)21-14-8-6-13(7-9-14)17-16(20)15-5-4-10-18(15)12(3)19/h6-9,11,15H,4-5,10H2,1-3H3,(H,17,20)/t15-/m0/s1. The predicted octanol–water partition coefficient (Wildman–Crippen LogP) is 2.42. The number of benzene rings is 1. The number of nitrogens with one attached hydrogen (secondary N) is 1. The molecule has 1 aromatic carbocycles. The minimum absolute atomic E-state index is 0.0478. The molecule has 0 radical (unpaired) electrons. The van der Waals surface area contributed by atoms with Gasteiger partial charge in [0, 0.05) is 19.2 Å². The van der Waals surface area contributed by atoms with Crippen molar-refractivity contribution in [3.05, 3.63) is 24.3 Å². The monoisotopic (exact) mass is 290 g/mol. The summed E-state index contributed by atoms with van der Waals surface area (Å²) in [5.41, 5.74) is 0.714. The molecular weight excluding hydrogens is 268 g/mol. The van der Waals surface area contributed by atoms with Gasteiger partial charge in [-0.3, -0.25) is 9.59 Å². The number of likely N-dealkylation sites (tertiary alicyclic amines) is 1. The number of ether oxygens (including phenoxy) is 1. The lowest BCUT2D eigenvalue weighted by Crippen LogP contribution is -2.42. The second kappa shape index (κ2) is 6.61. The van der Waals surface area contributed by atoms with Gasteiger partial charge in [-0.15, -0.1) is 0 Å². The molecular formula is C16H22N2O3. The molecule has 0 saturated carbocycles. The molecule has 0 bridgehead atoms. The van der Waals surface area contributed by atoms with Crippen LogP contribution in [0.2, 0.25) is 0 Å². The zero-order chi connectivity index (χ0) is 15.4. The molecule has 0 spiro atoms. The molecule has 2 rings (SSSR count). The molecule has 2 amide bonds. The van der Waals surface area contributed by atoms with Crippen LogP contribution < -0.4 is 10.1 Å². The molecule has 1 N–H and O–H groups in total. The summed E-state index contributed by atoms with van der Waals surface area (Å²) in [5.74, 6) is 0.600. The highest BCUT2D eigenvalue weighted by Crippen LogP contribution is 2.21. The van der Waals surface area contributed by atoms with E-state index in [1.165, 1.54) is 6.92 Å². The first-order valence-corrected chi connectivity index (χ1v) is 7.32. The van der Waals surface area contributed by atoms with Gasteiger partial charge in [-0.1, -0.05) is 0 Å². The number of hydrogen-bond acceptors (Lipinski definition) is 3. The Morgan fingerprint density at radius 3 is 2.52 bits per heavy atom. The molecule has 1 saturated heterocycles. The Kier molecular flexibility index (Phi) is 4.83. The highest BCUT2D eigenvalue weighted by Gasteiger charge is 2.32. The molecule has 1 heterocycles. The molecule has 5 nitrogen and oxygen atoms in total. The summed E-state index contributed by atoms with van der Waals surface area (Å²) in [4.78, 5) is 25.4. The van der Waals surface area contributed by atoms with Gasteiger partial charge in [-0.25, -0.2) is 0 Å². The maximum atomic E-state index is 12.3. The average Bonchev–Trinajstić information content (AvgIpc) is 2.90. The van der Waals surface area contributed by atoms with Crippen molar-refractivity contribution in [1.29, 1.82) is 0 Å². The molecule has 21 heavy (non-hydrogen) atoms. The second-order valence-electron chi connectivity index (χ2n) is 5.55. The summed E-state index contributed by atoms with van der Waals surface area (Å²) in [6.07, 6.45) is 1.71. The molecule has 5 heteroatoms. The second-order valence-corrected chi connectivity index (χ2v) is 5.55. The van der Waals surface area contributed by atoms with Crippen molar-refractivity contribution in [2.45, 2.75) is 45.8 Å². The first-order valence-electron chi connectivity index (χ1n) is 7.32. The smallest absolute Gasteiger partial charge is 0.247 e. The van der Waals surface area contributed by atoms with Gasteiger partial charge >= 0.3 is 0 Å². The lowest BCUT2D eigenvalue weighted by Gasteiger charge is -2.22. The molecule has 1 aliphatic heterocycles. The molecule has 0 aliphatic carbocycles. The fourth-order valence-corrected chi connectivity index (χ4v) is 2.53. The van der Waals surface area contributed by atoms with Crippen molar-refractivity contribution >= 4 is 17.5 Å². The number of hydrogen-bond donors (Lipinski definition) is 1. The van der Waals surface area contributed by atoms with Crippen LogP contribution in [0.3, 0.4) is 0 Å². The van der Waals surface area contributed by atoms with E-state index in [0.717, 1.165) is 18.6 Å². The van der Waals surface area contributed by atoms with Gasteiger partial charge in [0.25, 0.3) is 0 Å². The van der Waals surface area contributed by atoms with E-state index in [0.29, 0.717) is 12.2 Å². The molecule has 0 unspecified atom stereocenters. The zero-order valence-corrected chi connectivity index (χ0v) is 12.8. The van der Waals surface area contributed by atoms with E-state index in [9.17, 15) is 9.59 Å². The normalized spacial score (nSPS) is 17.9. The van der Waals surface area contributed by atoms with Crippen LogP contribution in [-0.2, 0) is 9.59 Å². The third kappa shape index (κ3) is 3.97. The van der Waals surface area contributed by atoms with E-state index >= 15 is 0 Å². The maximum absolute atomic E-state index is 12.3. The van der Waals surface area contributed by atoms with Crippen LogP contribution in [-0.4, -0.2) is 35.4 Å². The quantitative estimate of drug-likeness (QED) is 0.926. The minimum Gasteiger partial charge on any atom is -0.491 e. The molecule has 1 fully saturated rings. The average molecular weight is 290 g/mol. The Morgan fingerprint density at radius 1 is 1.29 bits per heavy atom. The van der Waals surface area contributed by atoms with Crippen LogP contribution in [0.1, 0.15) is 33.6 Å². The summed E-state index contributed by atoms with van der Waals surface area (Å²) >= 11 is 0. The van der Waals surface area contributed by atoms with Crippen molar-refractivity contribution < 1.29 is 14.3 Å². The first-order chi connectivity index (χ1) is 9.97. The summed E-state index contributed by atoms with van der Waals surface area (Å²) in [6.45, 7) is 6.09. The molecule has 114 valence electrons. The van der Waals surface area contributed by atoms with Crippen molar-refractivity contribution in [2.24, 2.45) is 0 Å². The third-order valence-corrected chi connectivity index (χ3v) is 3.45. The summed E-state index contributed by atoms with van der Waals surface area (Å²) < 4.78 is 5.56. The van der Waals surface area contributed by atoms with Crippen molar-refractivity contribution in [1.82, 2.24) is 4.90 Å². The van der Waals surface area contributed by atoms with E-state index in [1.807, 2.05) is 38.1 Å². The molecule has 1 aromatic rings. The first kappa shape index (κ1) is 15.4. The van der Waals surface area contributed by atoms with Crippen LogP contribution in [0.4, 0.5) is 5.69 Å². The fourth-order valence-electron chi connectivity index (χ4n) is 2.53. The van der Waals surface area contributed by atoms with Gasteiger partial charge in [0.05, 0.1) is 6.10 Å². The number of rotatable bonds is 4. The predicted molar refractivity (Wildman–Crippen MR) is 81.2 cm³/mol. The Morgan fingerprint density at radius 2 is 1.95 bits per heavy atom. The number of anilines is 1. The molecule has 0 aromatic heterocycles. The van der Waals surface area contributed by atoms with Gasteiger partial charge in [0.15, 0.2) is 0 Å². The van der Waals surface area contributed by atoms with Gasteiger partial charge in [0.1, 0.15) is 11.8 Å². The lowest BCUT2D eigenvalue weighted by molar-refractivity contribution is -0.134.